The molecule has 2 heterocycles. The van der Waals surface area contributed by atoms with Gasteiger partial charge in [-0.2, -0.15) is 0 Å². The fourth-order valence-electron chi connectivity index (χ4n) is 3.32. The van der Waals surface area contributed by atoms with E-state index < -0.39 is 0 Å². The lowest BCUT2D eigenvalue weighted by molar-refractivity contribution is -0.124. The normalized spacial score (nSPS) is 14.3. The zero-order valence-corrected chi connectivity index (χ0v) is 16.6. The zero-order valence-electron chi connectivity index (χ0n) is 16.6. The standard InChI is InChI=1S/C22H26N2O5/c1-3-5-16-7-8-18(20(14-16)27-2)29-15-21(25)23-17-9-11-24(12-10-17)22(26)19-6-4-13-28-19/h3-4,6-8,13-14,17H,1,5,9-12,15H2,2H3,(H,23,25). The number of methoxy groups -OCH3 is 1. The van der Waals surface area contributed by atoms with Crippen LogP contribution in [0.5, 0.6) is 11.5 Å². The lowest BCUT2D eigenvalue weighted by Gasteiger charge is -2.31. The summed E-state index contributed by atoms with van der Waals surface area (Å²) in [4.78, 5) is 26.3. The molecule has 2 aromatic rings. The predicted molar refractivity (Wildman–Crippen MR) is 108 cm³/mol. The molecule has 1 saturated heterocycles. The van der Waals surface area contributed by atoms with E-state index in [1.165, 1.54) is 6.26 Å². The molecule has 1 fully saturated rings. The average molecular weight is 398 g/mol. The van der Waals surface area contributed by atoms with Crippen LogP contribution < -0.4 is 14.8 Å². The van der Waals surface area contributed by atoms with E-state index in [1.54, 1.807) is 30.2 Å². The molecule has 0 spiro atoms. The van der Waals surface area contributed by atoms with Gasteiger partial charge in [0.1, 0.15) is 0 Å². The second kappa shape index (κ2) is 9.82. The Labute approximate surface area is 170 Å². The van der Waals surface area contributed by atoms with Crippen molar-refractivity contribution in [3.8, 4) is 11.5 Å². The van der Waals surface area contributed by atoms with Gasteiger partial charge in [-0.05, 0) is 49.1 Å². The summed E-state index contributed by atoms with van der Waals surface area (Å²) in [5, 5.41) is 2.97. The van der Waals surface area contributed by atoms with E-state index in [2.05, 4.69) is 11.9 Å². The first-order valence-electron chi connectivity index (χ1n) is 9.63. The molecule has 1 aromatic carbocycles. The van der Waals surface area contributed by atoms with Crippen molar-refractivity contribution in [3.63, 3.8) is 0 Å². The van der Waals surface area contributed by atoms with Gasteiger partial charge in [0, 0.05) is 19.1 Å². The molecule has 7 heteroatoms. The van der Waals surface area contributed by atoms with Crippen LogP contribution in [-0.2, 0) is 11.2 Å². The molecule has 0 atom stereocenters. The molecule has 154 valence electrons. The second-order valence-corrected chi connectivity index (χ2v) is 6.88. The number of rotatable bonds is 8. The number of carbonyl (C=O) groups is 2. The summed E-state index contributed by atoms with van der Waals surface area (Å²) in [6, 6.07) is 8.96. The van der Waals surface area contributed by atoms with Crippen molar-refractivity contribution in [2.24, 2.45) is 0 Å². The topological polar surface area (TPSA) is 81.0 Å². The first-order valence-corrected chi connectivity index (χ1v) is 9.63. The van der Waals surface area contributed by atoms with Gasteiger partial charge in [-0.15, -0.1) is 6.58 Å². The van der Waals surface area contributed by atoms with Gasteiger partial charge in [0.2, 0.25) is 0 Å². The summed E-state index contributed by atoms with van der Waals surface area (Å²) < 4.78 is 16.1. The molecule has 1 aliphatic rings. The largest absolute Gasteiger partial charge is 0.493 e. The van der Waals surface area contributed by atoms with Crippen LogP contribution >= 0.6 is 0 Å². The number of amides is 2. The van der Waals surface area contributed by atoms with E-state index in [1.807, 2.05) is 18.2 Å². The second-order valence-electron chi connectivity index (χ2n) is 6.88. The number of likely N-dealkylation sites (tertiary alicyclic amines) is 1. The molecule has 1 N–H and O–H groups in total. The van der Waals surface area contributed by atoms with Crippen molar-refractivity contribution < 1.29 is 23.5 Å². The van der Waals surface area contributed by atoms with E-state index in [-0.39, 0.29) is 24.5 Å². The summed E-state index contributed by atoms with van der Waals surface area (Å²) in [5.74, 6) is 1.14. The highest BCUT2D eigenvalue weighted by molar-refractivity contribution is 5.91. The molecule has 0 bridgehead atoms. The number of piperidine rings is 1. The minimum Gasteiger partial charge on any atom is -0.493 e. The minimum absolute atomic E-state index is 0.0172. The van der Waals surface area contributed by atoms with Crippen molar-refractivity contribution >= 4 is 11.8 Å². The Morgan fingerprint density at radius 1 is 1.28 bits per heavy atom. The molecule has 2 amide bonds. The number of nitrogens with one attached hydrogen (secondary N) is 1. The van der Waals surface area contributed by atoms with Gasteiger partial charge in [0.15, 0.2) is 23.9 Å². The van der Waals surface area contributed by atoms with E-state index in [0.29, 0.717) is 43.2 Å². The monoisotopic (exact) mass is 398 g/mol. The van der Waals surface area contributed by atoms with Crippen molar-refractivity contribution in [3.05, 3.63) is 60.6 Å². The third-order valence-corrected chi connectivity index (χ3v) is 4.85. The minimum atomic E-state index is -0.196. The number of nitrogens with zero attached hydrogens (tertiary/aromatic N) is 1. The Bertz CT molecular complexity index is 839. The number of benzene rings is 1. The van der Waals surface area contributed by atoms with Gasteiger partial charge in [-0.3, -0.25) is 9.59 Å². The molecule has 0 radical (unpaired) electrons. The number of carbonyl (C=O) groups excluding carboxylic acids is 2. The first kappa shape index (κ1) is 20.5. The fraction of sp³-hybridized carbons (Fsp3) is 0.364. The van der Waals surface area contributed by atoms with Crippen LogP contribution in [0.2, 0.25) is 0 Å². The van der Waals surface area contributed by atoms with Crippen LogP contribution in [0.25, 0.3) is 0 Å². The van der Waals surface area contributed by atoms with E-state index in [4.69, 9.17) is 13.9 Å². The highest BCUT2D eigenvalue weighted by Crippen LogP contribution is 2.28. The first-order chi connectivity index (χ1) is 14.1. The fourth-order valence-corrected chi connectivity index (χ4v) is 3.32. The van der Waals surface area contributed by atoms with Crippen LogP contribution in [0, 0.1) is 0 Å². The number of hydrogen-bond acceptors (Lipinski definition) is 5. The van der Waals surface area contributed by atoms with E-state index in [9.17, 15) is 9.59 Å². The Balaban J connectivity index is 1.45. The molecule has 0 saturated carbocycles. The van der Waals surface area contributed by atoms with E-state index >= 15 is 0 Å². The van der Waals surface area contributed by atoms with Gasteiger partial charge in [0.25, 0.3) is 11.8 Å². The Morgan fingerprint density at radius 2 is 2.07 bits per heavy atom. The summed E-state index contributed by atoms with van der Waals surface area (Å²) >= 11 is 0. The highest BCUT2D eigenvalue weighted by atomic mass is 16.5. The van der Waals surface area contributed by atoms with Gasteiger partial charge in [-0.25, -0.2) is 0 Å². The quantitative estimate of drug-likeness (QED) is 0.692. The highest BCUT2D eigenvalue weighted by Gasteiger charge is 2.25. The maximum Gasteiger partial charge on any atom is 0.289 e. The SMILES string of the molecule is C=CCc1ccc(OCC(=O)NC2CCN(C(=O)c3ccco3)CC2)c(OC)c1. The van der Waals surface area contributed by atoms with Gasteiger partial charge in [0.05, 0.1) is 13.4 Å². The molecule has 1 aromatic heterocycles. The van der Waals surface area contributed by atoms with Crippen molar-refractivity contribution in [2.45, 2.75) is 25.3 Å². The van der Waals surface area contributed by atoms with Crippen LogP contribution in [0.4, 0.5) is 0 Å². The lowest BCUT2D eigenvalue weighted by atomic mass is 10.0. The maximum absolute atomic E-state index is 12.3. The number of hydrogen-bond donors (Lipinski definition) is 1. The third-order valence-electron chi connectivity index (χ3n) is 4.85. The smallest absolute Gasteiger partial charge is 0.289 e. The molecular weight excluding hydrogens is 372 g/mol. The Kier molecular flexibility index (Phi) is 6.94. The number of ether oxygens (including phenoxy) is 2. The molecule has 7 nitrogen and oxygen atoms in total. The van der Waals surface area contributed by atoms with Crippen molar-refractivity contribution in [1.29, 1.82) is 0 Å². The lowest BCUT2D eigenvalue weighted by Crippen LogP contribution is -2.47. The van der Waals surface area contributed by atoms with Gasteiger partial charge in [-0.1, -0.05) is 12.1 Å². The maximum atomic E-state index is 12.3. The molecule has 3 rings (SSSR count). The number of allylic oxidation sites excluding steroid dienone is 1. The summed E-state index contributed by atoms with van der Waals surface area (Å²) in [6.45, 7) is 4.78. The molecule has 29 heavy (non-hydrogen) atoms. The zero-order chi connectivity index (χ0) is 20.6. The molecular formula is C22H26N2O5. The average Bonchev–Trinajstić information content (AvgIpc) is 3.28. The molecule has 1 aliphatic heterocycles. The number of furan rings is 1. The van der Waals surface area contributed by atoms with Gasteiger partial charge < -0.3 is 24.1 Å². The van der Waals surface area contributed by atoms with Gasteiger partial charge >= 0.3 is 0 Å². The third kappa shape index (κ3) is 5.40. The molecule has 0 unspecified atom stereocenters. The van der Waals surface area contributed by atoms with Crippen molar-refractivity contribution in [2.75, 3.05) is 26.8 Å². The predicted octanol–water partition coefficient (Wildman–Crippen LogP) is 2.82. The van der Waals surface area contributed by atoms with Crippen LogP contribution in [0.15, 0.2) is 53.7 Å². The van der Waals surface area contributed by atoms with Crippen LogP contribution in [0.3, 0.4) is 0 Å². The van der Waals surface area contributed by atoms with E-state index in [0.717, 1.165) is 12.0 Å². The Morgan fingerprint density at radius 3 is 2.72 bits per heavy atom. The van der Waals surface area contributed by atoms with Crippen LogP contribution in [-0.4, -0.2) is 49.6 Å². The summed E-state index contributed by atoms with van der Waals surface area (Å²) in [6.07, 6.45) is 5.42. The summed E-state index contributed by atoms with van der Waals surface area (Å²) in [5.41, 5.74) is 1.06. The molecule has 0 aliphatic carbocycles. The Hall–Kier alpha value is -3.22. The summed E-state index contributed by atoms with van der Waals surface area (Å²) in [7, 11) is 1.57. The van der Waals surface area contributed by atoms with Crippen LogP contribution in [0.1, 0.15) is 29.0 Å². The van der Waals surface area contributed by atoms with Crippen molar-refractivity contribution in [1.82, 2.24) is 10.2 Å².